The maximum absolute atomic E-state index is 14.1. The molecule has 20 heavy (non-hydrogen) atoms. The Morgan fingerprint density at radius 3 is 2.65 bits per heavy atom. The summed E-state index contributed by atoms with van der Waals surface area (Å²) in [5.41, 5.74) is 1.42. The van der Waals surface area contributed by atoms with Gasteiger partial charge < -0.3 is 14.6 Å². The summed E-state index contributed by atoms with van der Waals surface area (Å²) in [5, 5.41) is 3.48. The monoisotopic (exact) mass is 294 g/mol. The van der Waals surface area contributed by atoms with E-state index in [4.69, 9.17) is 16.0 Å². The van der Waals surface area contributed by atoms with E-state index in [-0.39, 0.29) is 5.82 Å². The zero-order valence-electron chi connectivity index (χ0n) is 11.0. The van der Waals surface area contributed by atoms with Gasteiger partial charge in [-0.05, 0) is 54.8 Å². The van der Waals surface area contributed by atoms with Crippen molar-refractivity contribution in [1.29, 1.82) is 0 Å². The molecule has 1 saturated heterocycles. The number of halogens is 2. The van der Waals surface area contributed by atoms with Gasteiger partial charge >= 0.3 is 0 Å². The molecule has 0 saturated carbocycles. The van der Waals surface area contributed by atoms with Crippen LogP contribution in [0, 0.1) is 5.82 Å². The van der Waals surface area contributed by atoms with Gasteiger partial charge in [0, 0.05) is 18.8 Å². The molecule has 2 heterocycles. The lowest BCUT2D eigenvalue weighted by Gasteiger charge is -2.18. The summed E-state index contributed by atoms with van der Waals surface area (Å²) >= 11 is 5.70. The van der Waals surface area contributed by atoms with Crippen LogP contribution in [0.25, 0.3) is 0 Å². The fraction of sp³-hybridized carbons (Fsp3) is 0.333. The van der Waals surface area contributed by atoms with Gasteiger partial charge in [0.1, 0.15) is 11.6 Å². The van der Waals surface area contributed by atoms with Crippen LogP contribution in [0.3, 0.4) is 0 Å². The van der Waals surface area contributed by atoms with Gasteiger partial charge in [0.2, 0.25) is 0 Å². The van der Waals surface area contributed by atoms with E-state index in [1.54, 1.807) is 12.1 Å². The van der Waals surface area contributed by atoms with Crippen LogP contribution in [-0.4, -0.2) is 13.1 Å². The Labute approximate surface area is 122 Å². The quantitative estimate of drug-likeness (QED) is 0.912. The number of nitrogens with one attached hydrogen (secondary N) is 1. The number of anilines is 2. The van der Waals surface area contributed by atoms with Crippen LogP contribution in [0.5, 0.6) is 0 Å². The van der Waals surface area contributed by atoms with Crippen molar-refractivity contribution in [1.82, 2.24) is 0 Å². The van der Waals surface area contributed by atoms with Crippen LogP contribution >= 0.6 is 11.6 Å². The molecule has 0 radical (unpaired) electrons. The lowest BCUT2D eigenvalue weighted by Crippen LogP contribution is -2.18. The van der Waals surface area contributed by atoms with E-state index >= 15 is 0 Å². The Balaban J connectivity index is 1.67. The van der Waals surface area contributed by atoms with Crippen molar-refractivity contribution in [2.24, 2.45) is 0 Å². The van der Waals surface area contributed by atoms with Gasteiger partial charge in [0.05, 0.1) is 12.2 Å². The largest absolute Gasteiger partial charge is 0.448 e. The highest BCUT2D eigenvalue weighted by Crippen LogP contribution is 2.26. The molecule has 1 fully saturated rings. The molecule has 0 bridgehead atoms. The van der Waals surface area contributed by atoms with Crippen molar-refractivity contribution in [2.75, 3.05) is 23.3 Å². The van der Waals surface area contributed by atoms with Gasteiger partial charge in [-0.3, -0.25) is 0 Å². The highest BCUT2D eigenvalue weighted by atomic mass is 35.5. The number of hydrogen-bond acceptors (Lipinski definition) is 3. The molecular weight excluding hydrogens is 279 g/mol. The molecular formula is C15H16ClFN2O. The highest BCUT2D eigenvalue weighted by molar-refractivity contribution is 6.28. The molecule has 1 N–H and O–H groups in total. The van der Waals surface area contributed by atoms with Crippen LogP contribution in [0.4, 0.5) is 15.8 Å². The zero-order chi connectivity index (χ0) is 13.9. The van der Waals surface area contributed by atoms with Gasteiger partial charge in [0.25, 0.3) is 0 Å². The molecule has 3 rings (SSSR count). The van der Waals surface area contributed by atoms with Crippen LogP contribution in [-0.2, 0) is 6.54 Å². The van der Waals surface area contributed by atoms with E-state index < -0.39 is 0 Å². The standard InChI is InChI=1S/C15H16ClFN2O/c16-15-6-4-12(20-15)10-18-11-3-5-14(13(17)9-11)19-7-1-2-8-19/h3-6,9,18H,1-2,7-8,10H2. The Morgan fingerprint density at radius 1 is 1.20 bits per heavy atom. The van der Waals surface area contributed by atoms with Crippen molar-refractivity contribution in [2.45, 2.75) is 19.4 Å². The second kappa shape index (κ2) is 5.75. The molecule has 0 amide bonds. The molecule has 1 aliphatic heterocycles. The maximum Gasteiger partial charge on any atom is 0.193 e. The number of nitrogens with zero attached hydrogens (tertiary/aromatic N) is 1. The average Bonchev–Trinajstić information content (AvgIpc) is 3.08. The first-order chi connectivity index (χ1) is 9.72. The molecule has 1 aromatic carbocycles. The highest BCUT2D eigenvalue weighted by Gasteiger charge is 2.16. The summed E-state index contributed by atoms with van der Waals surface area (Å²) in [6.45, 7) is 2.36. The smallest absolute Gasteiger partial charge is 0.193 e. The average molecular weight is 295 g/mol. The number of furan rings is 1. The third kappa shape index (κ3) is 2.90. The van der Waals surface area contributed by atoms with Crippen LogP contribution in [0.2, 0.25) is 5.22 Å². The molecule has 0 aliphatic carbocycles. The minimum atomic E-state index is -0.186. The molecule has 5 heteroatoms. The van der Waals surface area contributed by atoms with Gasteiger partial charge in [0.15, 0.2) is 5.22 Å². The van der Waals surface area contributed by atoms with Crippen molar-refractivity contribution < 1.29 is 8.81 Å². The second-order valence-corrected chi connectivity index (χ2v) is 5.29. The summed E-state index contributed by atoms with van der Waals surface area (Å²) < 4.78 is 19.3. The third-order valence-electron chi connectivity index (χ3n) is 3.49. The SMILES string of the molecule is Fc1cc(NCc2ccc(Cl)o2)ccc1N1CCCC1. The number of benzene rings is 1. The fourth-order valence-electron chi connectivity index (χ4n) is 2.47. The first kappa shape index (κ1) is 13.3. The minimum Gasteiger partial charge on any atom is -0.448 e. The van der Waals surface area contributed by atoms with Gasteiger partial charge in [-0.15, -0.1) is 0 Å². The van der Waals surface area contributed by atoms with E-state index in [0.717, 1.165) is 37.4 Å². The predicted octanol–water partition coefficient (Wildman–Crippen LogP) is 4.28. The third-order valence-corrected chi connectivity index (χ3v) is 3.69. The number of hydrogen-bond donors (Lipinski definition) is 1. The van der Waals surface area contributed by atoms with Crippen molar-refractivity contribution in [3.8, 4) is 0 Å². The van der Waals surface area contributed by atoms with E-state index in [0.29, 0.717) is 17.5 Å². The molecule has 0 spiro atoms. The van der Waals surface area contributed by atoms with Gasteiger partial charge in [-0.2, -0.15) is 0 Å². The Kier molecular flexibility index (Phi) is 3.83. The van der Waals surface area contributed by atoms with E-state index in [1.807, 2.05) is 12.1 Å². The van der Waals surface area contributed by atoms with Gasteiger partial charge in [-0.1, -0.05) is 0 Å². The summed E-state index contributed by atoms with van der Waals surface area (Å²) in [5.74, 6) is 0.536. The Hall–Kier alpha value is -1.68. The maximum atomic E-state index is 14.1. The molecule has 106 valence electrons. The van der Waals surface area contributed by atoms with E-state index in [1.165, 1.54) is 6.07 Å². The number of rotatable bonds is 4. The molecule has 1 aromatic heterocycles. The topological polar surface area (TPSA) is 28.4 Å². The first-order valence-electron chi connectivity index (χ1n) is 6.75. The Bertz CT molecular complexity index is 593. The van der Waals surface area contributed by atoms with E-state index in [2.05, 4.69) is 10.2 Å². The zero-order valence-corrected chi connectivity index (χ0v) is 11.8. The summed E-state index contributed by atoms with van der Waals surface area (Å²) in [6.07, 6.45) is 2.28. The van der Waals surface area contributed by atoms with Crippen LogP contribution in [0.15, 0.2) is 34.7 Å². The minimum absolute atomic E-state index is 0.186. The molecule has 0 atom stereocenters. The molecule has 0 unspecified atom stereocenters. The molecule has 2 aromatic rings. The lowest BCUT2D eigenvalue weighted by molar-refractivity contribution is 0.520. The van der Waals surface area contributed by atoms with Crippen LogP contribution in [0.1, 0.15) is 18.6 Å². The van der Waals surface area contributed by atoms with Gasteiger partial charge in [-0.25, -0.2) is 4.39 Å². The Morgan fingerprint density at radius 2 is 2.00 bits per heavy atom. The predicted molar refractivity (Wildman–Crippen MR) is 78.9 cm³/mol. The van der Waals surface area contributed by atoms with Crippen molar-refractivity contribution in [3.63, 3.8) is 0 Å². The second-order valence-electron chi connectivity index (χ2n) is 4.92. The molecule has 3 nitrogen and oxygen atoms in total. The van der Waals surface area contributed by atoms with Crippen LogP contribution < -0.4 is 10.2 Å². The van der Waals surface area contributed by atoms with E-state index in [9.17, 15) is 4.39 Å². The fourth-order valence-corrected chi connectivity index (χ4v) is 2.63. The van der Waals surface area contributed by atoms with Crippen molar-refractivity contribution in [3.05, 3.63) is 47.1 Å². The first-order valence-corrected chi connectivity index (χ1v) is 7.13. The summed E-state index contributed by atoms with van der Waals surface area (Å²) in [4.78, 5) is 2.09. The van der Waals surface area contributed by atoms with Crippen molar-refractivity contribution >= 4 is 23.0 Å². The molecule has 1 aliphatic rings. The normalized spacial score (nSPS) is 14.8. The summed E-state index contributed by atoms with van der Waals surface area (Å²) in [6, 6.07) is 8.73. The lowest BCUT2D eigenvalue weighted by atomic mass is 10.2. The summed E-state index contributed by atoms with van der Waals surface area (Å²) in [7, 11) is 0.